The van der Waals surface area contributed by atoms with E-state index in [0.717, 1.165) is 0 Å². The fourth-order valence-electron chi connectivity index (χ4n) is 2.14. The van der Waals surface area contributed by atoms with E-state index in [1.165, 1.54) is 30.5 Å². The average molecular weight is 334 g/mol. The van der Waals surface area contributed by atoms with Crippen LogP contribution in [0.2, 0.25) is 0 Å². The Morgan fingerprint density at radius 1 is 1.08 bits per heavy atom. The molecule has 2 aromatic heterocycles. The van der Waals surface area contributed by atoms with Gasteiger partial charge < -0.3 is 23.7 Å². The SMILES string of the molecule is O=C(Nc1ccc2c(c1)OC(F)(F)O2)c1cc(-c2ccco2)on1. The predicted octanol–water partition coefficient (Wildman–Crippen LogP) is 3.51. The number of halogens is 2. The van der Waals surface area contributed by atoms with Crippen LogP contribution < -0.4 is 14.8 Å². The summed E-state index contributed by atoms with van der Waals surface area (Å²) >= 11 is 0. The first-order valence-electron chi connectivity index (χ1n) is 6.72. The Morgan fingerprint density at radius 3 is 2.71 bits per heavy atom. The number of hydrogen-bond acceptors (Lipinski definition) is 6. The molecule has 3 aromatic rings. The van der Waals surface area contributed by atoms with Crippen LogP contribution in [-0.2, 0) is 0 Å². The van der Waals surface area contributed by atoms with Gasteiger partial charge in [-0.25, -0.2) is 0 Å². The van der Waals surface area contributed by atoms with Crippen LogP contribution in [-0.4, -0.2) is 17.4 Å². The van der Waals surface area contributed by atoms with E-state index in [1.807, 2.05) is 0 Å². The summed E-state index contributed by atoms with van der Waals surface area (Å²) < 4.78 is 44.7. The van der Waals surface area contributed by atoms with Gasteiger partial charge in [-0.1, -0.05) is 5.16 Å². The first-order valence-corrected chi connectivity index (χ1v) is 6.72. The van der Waals surface area contributed by atoms with Gasteiger partial charge in [0.25, 0.3) is 5.91 Å². The summed E-state index contributed by atoms with van der Waals surface area (Å²) in [6.45, 7) is 0. The molecule has 1 N–H and O–H groups in total. The number of ether oxygens (including phenoxy) is 2. The molecule has 0 bridgehead atoms. The molecule has 9 heteroatoms. The topological polar surface area (TPSA) is 86.7 Å². The number of nitrogens with zero attached hydrogens (tertiary/aromatic N) is 1. The van der Waals surface area contributed by atoms with Crippen molar-refractivity contribution in [1.82, 2.24) is 5.16 Å². The normalized spacial score (nSPS) is 14.6. The molecule has 3 heterocycles. The van der Waals surface area contributed by atoms with Crippen molar-refractivity contribution in [1.29, 1.82) is 0 Å². The summed E-state index contributed by atoms with van der Waals surface area (Å²) in [4.78, 5) is 12.1. The van der Waals surface area contributed by atoms with Gasteiger partial charge in [0.15, 0.2) is 23.0 Å². The quantitative estimate of drug-likeness (QED) is 0.789. The maximum Gasteiger partial charge on any atom is 0.586 e. The van der Waals surface area contributed by atoms with E-state index in [-0.39, 0.29) is 28.6 Å². The first-order chi connectivity index (χ1) is 11.5. The van der Waals surface area contributed by atoms with Gasteiger partial charge in [0, 0.05) is 17.8 Å². The fourth-order valence-corrected chi connectivity index (χ4v) is 2.14. The molecule has 0 unspecified atom stereocenters. The molecule has 0 fully saturated rings. The zero-order valence-corrected chi connectivity index (χ0v) is 11.8. The molecule has 1 amide bonds. The largest absolute Gasteiger partial charge is 0.586 e. The van der Waals surface area contributed by atoms with Crippen molar-refractivity contribution in [3.8, 4) is 23.0 Å². The molecule has 0 saturated heterocycles. The van der Waals surface area contributed by atoms with E-state index in [9.17, 15) is 13.6 Å². The summed E-state index contributed by atoms with van der Waals surface area (Å²) in [6, 6.07) is 8.61. The lowest BCUT2D eigenvalue weighted by Crippen LogP contribution is -2.25. The Bertz CT molecular complexity index is 904. The number of hydrogen-bond donors (Lipinski definition) is 1. The zero-order chi connectivity index (χ0) is 16.7. The number of rotatable bonds is 3. The molecule has 1 aliphatic heterocycles. The van der Waals surface area contributed by atoms with E-state index in [2.05, 4.69) is 19.9 Å². The minimum Gasteiger partial charge on any atom is -0.461 e. The molecule has 4 rings (SSSR count). The summed E-state index contributed by atoms with van der Waals surface area (Å²) in [5.41, 5.74) is 0.243. The lowest BCUT2D eigenvalue weighted by molar-refractivity contribution is -0.286. The van der Waals surface area contributed by atoms with Gasteiger partial charge in [-0.05, 0) is 24.3 Å². The van der Waals surface area contributed by atoms with Crippen molar-refractivity contribution in [2.45, 2.75) is 6.29 Å². The van der Waals surface area contributed by atoms with Gasteiger partial charge in [0.2, 0.25) is 5.76 Å². The highest BCUT2D eigenvalue weighted by atomic mass is 19.3. The number of benzene rings is 1. The molecule has 0 radical (unpaired) electrons. The van der Waals surface area contributed by atoms with Crippen LogP contribution in [0.3, 0.4) is 0 Å². The number of alkyl halides is 2. The third-order valence-corrected chi connectivity index (χ3v) is 3.17. The first kappa shape index (κ1) is 14.2. The molecule has 0 atom stereocenters. The molecule has 122 valence electrons. The molecule has 0 aliphatic carbocycles. The van der Waals surface area contributed by atoms with Crippen molar-refractivity contribution in [2.75, 3.05) is 5.32 Å². The minimum atomic E-state index is -3.71. The Hall–Kier alpha value is -3.36. The monoisotopic (exact) mass is 334 g/mol. The Labute approximate surface area is 132 Å². The fraction of sp³-hybridized carbons (Fsp3) is 0.0667. The second-order valence-corrected chi connectivity index (χ2v) is 4.84. The average Bonchev–Trinajstić information content (AvgIpc) is 3.24. The predicted molar refractivity (Wildman–Crippen MR) is 74.8 cm³/mol. The van der Waals surface area contributed by atoms with E-state index in [4.69, 9.17) is 8.94 Å². The highest BCUT2D eigenvalue weighted by Crippen LogP contribution is 2.42. The van der Waals surface area contributed by atoms with Gasteiger partial charge in [-0.3, -0.25) is 4.79 Å². The maximum absolute atomic E-state index is 13.0. The summed E-state index contributed by atoms with van der Waals surface area (Å²) in [5.74, 6) is -0.154. The lowest BCUT2D eigenvalue weighted by Gasteiger charge is -2.04. The minimum absolute atomic E-state index is 0.00407. The lowest BCUT2D eigenvalue weighted by atomic mass is 10.2. The number of carbonyl (C=O) groups excluding carboxylic acids is 1. The maximum atomic E-state index is 13.0. The number of aromatic nitrogens is 1. The second-order valence-electron chi connectivity index (χ2n) is 4.84. The van der Waals surface area contributed by atoms with Crippen LogP contribution in [0.1, 0.15) is 10.5 Å². The third kappa shape index (κ3) is 2.56. The van der Waals surface area contributed by atoms with Crippen LogP contribution >= 0.6 is 0 Å². The number of furan rings is 1. The summed E-state index contributed by atoms with van der Waals surface area (Å²) in [7, 11) is 0. The van der Waals surface area contributed by atoms with Crippen LogP contribution in [0.4, 0.5) is 14.5 Å². The van der Waals surface area contributed by atoms with Crippen molar-refractivity contribution in [3.63, 3.8) is 0 Å². The molecule has 0 saturated carbocycles. The molecular weight excluding hydrogens is 326 g/mol. The van der Waals surface area contributed by atoms with E-state index >= 15 is 0 Å². The second kappa shape index (κ2) is 5.08. The van der Waals surface area contributed by atoms with Gasteiger partial charge in [-0.2, -0.15) is 0 Å². The zero-order valence-electron chi connectivity index (χ0n) is 11.8. The number of nitrogens with one attached hydrogen (secondary N) is 1. The van der Waals surface area contributed by atoms with Gasteiger partial charge in [0.05, 0.1) is 6.26 Å². The molecule has 1 aromatic carbocycles. The summed E-state index contributed by atoms with van der Waals surface area (Å²) in [5, 5.41) is 6.14. The standard InChI is InChI=1S/C15H8F2N2O5/c16-15(17)22-11-4-3-8(6-12(11)23-15)18-14(20)9-7-13(24-19-9)10-2-1-5-21-10/h1-7H,(H,18,20). The van der Waals surface area contributed by atoms with Crippen LogP contribution in [0.5, 0.6) is 11.5 Å². The Morgan fingerprint density at radius 2 is 1.92 bits per heavy atom. The van der Waals surface area contributed by atoms with Crippen molar-refractivity contribution < 1.29 is 32.0 Å². The van der Waals surface area contributed by atoms with Gasteiger partial charge >= 0.3 is 6.29 Å². The van der Waals surface area contributed by atoms with Crippen molar-refractivity contribution in [3.05, 3.63) is 48.4 Å². The molecule has 7 nitrogen and oxygen atoms in total. The van der Waals surface area contributed by atoms with Gasteiger partial charge in [0.1, 0.15) is 0 Å². The number of carbonyl (C=O) groups is 1. The van der Waals surface area contributed by atoms with Crippen molar-refractivity contribution >= 4 is 11.6 Å². The highest BCUT2D eigenvalue weighted by molar-refractivity contribution is 6.03. The van der Waals surface area contributed by atoms with Crippen molar-refractivity contribution in [2.24, 2.45) is 0 Å². The molecule has 24 heavy (non-hydrogen) atoms. The van der Waals surface area contributed by atoms with Gasteiger partial charge in [-0.15, -0.1) is 8.78 Å². The van der Waals surface area contributed by atoms with E-state index in [1.54, 1.807) is 12.1 Å². The van der Waals surface area contributed by atoms with Crippen LogP contribution in [0, 0.1) is 0 Å². The summed E-state index contributed by atoms with van der Waals surface area (Å²) in [6.07, 6.45) is -2.25. The Balaban J connectivity index is 1.51. The molecule has 1 aliphatic rings. The highest BCUT2D eigenvalue weighted by Gasteiger charge is 2.43. The number of amides is 1. The Kier molecular flexibility index (Phi) is 3.02. The number of anilines is 1. The molecule has 0 spiro atoms. The molecular formula is C15H8F2N2O5. The van der Waals surface area contributed by atoms with Crippen LogP contribution in [0.15, 0.2) is 51.6 Å². The van der Waals surface area contributed by atoms with E-state index in [0.29, 0.717) is 5.76 Å². The van der Waals surface area contributed by atoms with E-state index < -0.39 is 12.2 Å². The third-order valence-electron chi connectivity index (χ3n) is 3.17. The number of fused-ring (bicyclic) bond motifs is 1. The van der Waals surface area contributed by atoms with Crippen LogP contribution in [0.25, 0.3) is 11.5 Å². The smallest absolute Gasteiger partial charge is 0.461 e.